The van der Waals surface area contributed by atoms with Crippen LogP contribution in [0.3, 0.4) is 0 Å². The maximum Gasteiger partial charge on any atom is 0.416 e. The van der Waals surface area contributed by atoms with E-state index >= 15 is 0 Å². The van der Waals surface area contributed by atoms with Gasteiger partial charge >= 0.3 is 12.3 Å². The highest BCUT2D eigenvalue weighted by Gasteiger charge is 2.57. The molecule has 2 aliphatic heterocycles. The van der Waals surface area contributed by atoms with Crippen LogP contribution in [0.4, 0.5) is 18.0 Å². The lowest BCUT2D eigenvalue weighted by Crippen LogP contribution is -2.73. The molecule has 1 aromatic carbocycles. The zero-order valence-corrected chi connectivity index (χ0v) is 16.0. The molecule has 0 radical (unpaired) electrons. The van der Waals surface area contributed by atoms with Crippen LogP contribution < -0.4 is 0 Å². The van der Waals surface area contributed by atoms with Gasteiger partial charge in [0.05, 0.1) is 10.5 Å². The van der Waals surface area contributed by atoms with E-state index < -0.39 is 33.5 Å². The van der Waals surface area contributed by atoms with Crippen molar-refractivity contribution < 1.29 is 31.1 Å². The molecule has 1 aromatic rings. The minimum absolute atomic E-state index is 0.173. The van der Waals surface area contributed by atoms with E-state index in [1.807, 2.05) is 0 Å². The summed E-state index contributed by atoms with van der Waals surface area (Å²) in [6, 6.07) is 3.46. The van der Waals surface area contributed by atoms with Crippen molar-refractivity contribution in [3.8, 4) is 0 Å². The van der Waals surface area contributed by atoms with Crippen LogP contribution in [0.2, 0.25) is 0 Å². The third-order valence-corrected chi connectivity index (χ3v) is 6.35. The fraction of sp³-hybridized carbons (Fsp3) is 0.588. The number of likely N-dealkylation sites (tertiary alicyclic amines) is 1. The molecular weight excluding hydrogens is 385 g/mol. The molecule has 2 aliphatic rings. The summed E-state index contributed by atoms with van der Waals surface area (Å²) in [5.41, 5.74) is -1.79. The average Bonchev–Trinajstić information content (AvgIpc) is 2.41. The number of rotatable bonds is 2. The van der Waals surface area contributed by atoms with Gasteiger partial charge in [-0.25, -0.2) is 13.2 Å². The van der Waals surface area contributed by atoms with Crippen LogP contribution in [0.25, 0.3) is 0 Å². The second-order valence-corrected chi connectivity index (χ2v) is 10.1. The lowest BCUT2D eigenvalue weighted by Gasteiger charge is -2.58. The topological polar surface area (TPSA) is 66.9 Å². The Morgan fingerprint density at radius 1 is 1.04 bits per heavy atom. The summed E-state index contributed by atoms with van der Waals surface area (Å²) in [5.74, 6) is 0. The van der Waals surface area contributed by atoms with Crippen molar-refractivity contribution in [3.63, 3.8) is 0 Å². The Balaban J connectivity index is 1.59. The van der Waals surface area contributed by atoms with Gasteiger partial charge in [0.1, 0.15) is 5.60 Å². The molecule has 0 aromatic heterocycles. The van der Waals surface area contributed by atoms with E-state index in [2.05, 4.69) is 0 Å². The van der Waals surface area contributed by atoms with E-state index in [4.69, 9.17) is 4.74 Å². The second-order valence-electron chi connectivity index (χ2n) is 8.13. The molecule has 2 heterocycles. The first-order valence-corrected chi connectivity index (χ1v) is 9.81. The minimum Gasteiger partial charge on any atom is -0.444 e. The molecule has 0 aliphatic carbocycles. The third kappa shape index (κ3) is 3.91. The number of sulfonamides is 1. The average molecular weight is 406 g/mol. The highest BCUT2D eigenvalue weighted by atomic mass is 32.2. The normalized spacial score (nSPS) is 20.1. The number of carbonyl (C=O) groups is 1. The number of carbonyl (C=O) groups excluding carboxylic acids is 1. The van der Waals surface area contributed by atoms with Crippen LogP contribution in [0.5, 0.6) is 0 Å². The Labute approximate surface area is 155 Å². The summed E-state index contributed by atoms with van der Waals surface area (Å²) in [4.78, 5) is 13.3. The molecule has 1 amide bonds. The van der Waals surface area contributed by atoms with Crippen LogP contribution in [0.15, 0.2) is 29.2 Å². The van der Waals surface area contributed by atoms with Crippen molar-refractivity contribution in [1.29, 1.82) is 0 Å². The van der Waals surface area contributed by atoms with E-state index in [0.717, 1.165) is 24.3 Å². The molecule has 1 spiro atoms. The van der Waals surface area contributed by atoms with Crippen LogP contribution in [-0.2, 0) is 20.9 Å². The molecule has 2 fully saturated rings. The van der Waals surface area contributed by atoms with Gasteiger partial charge in [-0.1, -0.05) is 0 Å². The smallest absolute Gasteiger partial charge is 0.416 e. The van der Waals surface area contributed by atoms with Gasteiger partial charge in [-0.2, -0.15) is 17.5 Å². The van der Waals surface area contributed by atoms with E-state index in [9.17, 15) is 26.4 Å². The molecule has 150 valence electrons. The number of halogens is 3. The highest BCUT2D eigenvalue weighted by Crippen LogP contribution is 2.42. The lowest BCUT2D eigenvalue weighted by atomic mass is 9.75. The van der Waals surface area contributed by atoms with Gasteiger partial charge in [0.15, 0.2) is 0 Å². The summed E-state index contributed by atoms with van der Waals surface area (Å²) < 4.78 is 69.4. The third-order valence-electron chi connectivity index (χ3n) is 4.55. The van der Waals surface area contributed by atoms with E-state index in [1.165, 1.54) is 9.21 Å². The van der Waals surface area contributed by atoms with Gasteiger partial charge in [-0.15, -0.1) is 0 Å². The number of alkyl halides is 3. The van der Waals surface area contributed by atoms with Gasteiger partial charge < -0.3 is 9.64 Å². The van der Waals surface area contributed by atoms with Crippen molar-refractivity contribution in [3.05, 3.63) is 29.8 Å². The molecule has 0 bridgehead atoms. The molecule has 3 rings (SSSR count). The van der Waals surface area contributed by atoms with Crippen LogP contribution in [-0.4, -0.2) is 55.5 Å². The van der Waals surface area contributed by atoms with Gasteiger partial charge in [0.2, 0.25) is 10.0 Å². The van der Waals surface area contributed by atoms with Crippen LogP contribution >= 0.6 is 0 Å². The molecule has 0 saturated carbocycles. The van der Waals surface area contributed by atoms with Gasteiger partial charge in [-0.3, -0.25) is 0 Å². The van der Waals surface area contributed by atoms with Crippen molar-refractivity contribution in [1.82, 2.24) is 9.21 Å². The molecule has 0 atom stereocenters. The van der Waals surface area contributed by atoms with E-state index in [1.54, 1.807) is 20.8 Å². The Morgan fingerprint density at radius 2 is 1.56 bits per heavy atom. The van der Waals surface area contributed by atoms with Gasteiger partial charge in [-0.05, 0) is 45.0 Å². The first-order valence-electron chi connectivity index (χ1n) is 8.37. The molecule has 0 N–H and O–H groups in total. The van der Waals surface area contributed by atoms with Gasteiger partial charge in [0.25, 0.3) is 0 Å². The largest absolute Gasteiger partial charge is 0.444 e. The number of benzene rings is 1. The summed E-state index contributed by atoms with van der Waals surface area (Å²) in [6.45, 7) is 6.57. The number of ether oxygens (including phenoxy) is 1. The Hall–Kier alpha value is -1.81. The lowest BCUT2D eigenvalue weighted by molar-refractivity contribution is -0.137. The first kappa shape index (κ1) is 19.9. The highest BCUT2D eigenvalue weighted by molar-refractivity contribution is 7.89. The maximum absolute atomic E-state index is 12.6. The summed E-state index contributed by atoms with van der Waals surface area (Å²) in [6.07, 6.45) is -4.95. The van der Waals surface area contributed by atoms with E-state index in [-0.39, 0.29) is 23.4 Å². The van der Waals surface area contributed by atoms with Crippen LogP contribution in [0, 0.1) is 5.41 Å². The van der Waals surface area contributed by atoms with Crippen molar-refractivity contribution in [2.75, 3.05) is 26.2 Å². The molecule has 27 heavy (non-hydrogen) atoms. The molecule has 0 unspecified atom stereocenters. The predicted octanol–water partition coefficient (Wildman–Crippen LogP) is 2.95. The zero-order chi connectivity index (χ0) is 20.3. The molecular formula is C17H21F3N2O4S. The zero-order valence-electron chi connectivity index (χ0n) is 15.2. The minimum atomic E-state index is -4.51. The standard InChI is InChI=1S/C17H21F3N2O4S/c1-15(2,3)26-14(23)21-8-16(9-21)10-22(11-16)27(24,25)13-6-4-12(5-7-13)17(18,19)20/h4-7H,8-11H2,1-3H3. The predicted molar refractivity (Wildman–Crippen MR) is 90.4 cm³/mol. The SMILES string of the molecule is CC(C)(C)OC(=O)N1CC2(C1)CN(S(=O)(=O)c1ccc(C(F)(F)F)cc1)C2. The van der Waals surface area contributed by atoms with Crippen molar-refractivity contribution in [2.45, 2.75) is 37.4 Å². The number of hydrogen-bond donors (Lipinski definition) is 0. The van der Waals surface area contributed by atoms with Crippen LogP contribution in [0.1, 0.15) is 26.3 Å². The number of amides is 1. The van der Waals surface area contributed by atoms with Crippen molar-refractivity contribution in [2.24, 2.45) is 5.41 Å². The molecule has 6 nitrogen and oxygen atoms in total. The number of hydrogen-bond acceptors (Lipinski definition) is 4. The van der Waals surface area contributed by atoms with Crippen molar-refractivity contribution >= 4 is 16.1 Å². The second kappa shape index (κ2) is 6.10. The maximum atomic E-state index is 12.6. The fourth-order valence-corrected chi connectivity index (χ4v) is 4.92. The fourth-order valence-electron chi connectivity index (χ4n) is 3.26. The van der Waals surface area contributed by atoms with E-state index in [0.29, 0.717) is 13.1 Å². The Kier molecular flexibility index (Phi) is 4.50. The summed E-state index contributed by atoms with van der Waals surface area (Å²) >= 11 is 0. The molecule has 2 saturated heterocycles. The quantitative estimate of drug-likeness (QED) is 0.758. The Bertz CT molecular complexity index is 830. The molecule has 10 heteroatoms. The van der Waals surface area contributed by atoms with Gasteiger partial charge in [0, 0.05) is 31.6 Å². The summed E-state index contributed by atoms with van der Waals surface area (Å²) in [5, 5.41) is 0. The number of nitrogens with zero attached hydrogens (tertiary/aromatic N) is 2. The first-order chi connectivity index (χ1) is 12.2. The summed E-state index contributed by atoms with van der Waals surface area (Å²) in [7, 11) is -3.85. The monoisotopic (exact) mass is 406 g/mol. The Morgan fingerprint density at radius 3 is 2.00 bits per heavy atom.